The van der Waals surface area contributed by atoms with E-state index in [4.69, 9.17) is 11.6 Å². The van der Waals surface area contributed by atoms with Crippen LogP contribution in [0.3, 0.4) is 0 Å². The number of nitrogens with zero attached hydrogens (tertiary/aromatic N) is 2. The van der Waals surface area contributed by atoms with E-state index in [1.165, 1.54) is 5.56 Å². The minimum atomic E-state index is -0.136. The van der Waals surface area contributed by atoms with Gasteiger partial charge >= 0.3 is 0 Å². The van der Waals surface area contributed by atoms with Crippen LogP contribution in [-0.2, 0) is 13.0 Å². The lowest BCUT2D eigenvalue weighted by Crippen LogP contribution is -2.23. The van der Waals surface area contributed by atoms with Crippen molar-refractivity contribution in [2.45, 2.75) is 19.9 Å². The molecule has 0 bridgehead atoms. The zero-order valence-corrected chi connectivity index (χ0v) is 18.3. The molecule has 0 atom stereocenters. The second-order valence-electron chi connectivity index (χ2n) is 7.90. The molecule has 5 aromatic rings. The van der Waals surface area contributed by atoms with Gasteiger partial charge in [0, 0.05) is 27.1 Å². The summed E-state index contributed by atoms with van der Waals surface area (Å²) in [6, 6.07) is 23.7. The molecule has 2 N–H and O–H groups in total. The van der Waals surface area contributed by atoms with Gasteiger partial charge in [-0.3, -0.25) is 14.9 Å². The molecule has 0 aliphatic heterocycles. The van der Waals surface area contributed by atoms with Crippen LogP contribution in [0.1, 0.15) is 32.9 Å². The van der Waals surface area contributed by atoms with Gasteiger partial charge in [0.1, 0.15) is 0 Å². The van der Waals surface area contributed by atoms with Crippen LogP contribution in [0, 0.1) is 6.92 Å². The van der Waals surface area contributed by atoms with E-state index in [0.29, 0.717) is 17.1 Å². The molecule has 0 saturated carbocycles. The summed E-state index contributed by atoms with van der Waals surface area (Å²) in [5.41, 5.74) is 6.53. The number of amides is 1. The van der Waals surface area contributed by atoms with Crippen LogP contribution < -0.4 is 5.32 Å². The minimum absolute atomic E-state index is 0.136. The lowest BCUT2D eigenvalue weighted by Gasteiger charge is -2.08. The number of pyridine rings is 1. The fourth-order valence-corrected chi connectivity index (χ4v) is 4.06. The van der Waals surface area contributed by atoms with Crippen LogP contribution in [-0.4, -0.2) is 21.1 Å². The van der Waals surface area contributed by atoms with Crippen molar-refractivity contribution >= 4 is 39.3 Å². The second-order valence-corrected chi connectivity index (χ2v) is 8.34. The van der Waals surface area contributed by atoms with E-state index in [-0.39, 0.29) is 5.91 Å². The van der Waals surface area contributed by atoms with Gasteiger partial charge in [0.2, 0.25) is 0 Å². The third-order valence-corrected chi connectivity index (χ3v) is 5.75. The lowest BCUT2D eigenvalue weighted by atomic mass is 10.0. The second kappa shape index (κ2) is 8.44. The summed E-state index contributed by atoms with van der Waals surface area (Å²) in [5, 5.41) is 12.9. The average Bonchev–Trinajstić information content (AvgIpc) is 3.19. The van der Waals surface area contributed by atoms with E-state index in [1.807, 2.05) is 55.5 Å². The van der Waals surface area contributed by atoms with E-state index in [0.717, 1.165) is 45.2 Å². The van der Waals surface area contributed by atoms with Crippen molar-refractivity contribution in [2.24, 2.45) is 0 Å². The highest BCUT2D eigenvalue weighted by Gasteiger charge is 2.11. The Morgan fingerprint density at radius 1 is 1.00 bits per heavy atom. The number of aryl methyl sites for hydroxylation is 1. The summed E-state index contributed by atoms with van der Waals surface area (Å²) in [4.78, 5) is 17.3. The van der Waals surface area contributed by atoms with Crippen LogP contribution in [0.25, 0.3) is 21.8 Å². The number of H-pyrrole nitrogens is 1. The Morgan fingerprint density at radius 2 is 1.88 bits per heavy atom. The largest absolute Gasteiger partial charge is 0.346 e. The fourth-order valence-electron chi connectivity index (χ4n) is 3.89. The molecular formula is C26H21ClN4O. The summed E-state index contributed by atoms with van der Waals surface area (Å²) >= 11 is 6.10. The highest BCUT2D eigenvalue weighted by atomic mass is 35.5. The molecule has 0 unspecified atom stereocenters. The summed E-state index contributed by atoms with van der Waals surface area (Å²) in [6.07, 6.45) is 0.743. The Bertz CT molecular complexity index is 1460. The molecule has 0 spiro atoms. The zero-order valence-electron chi connectivity index (χ0n) is 17.5. The fraction of sp³-hybridized carbons (Fsp3) is 0.115. The first kappa shape index (κ1) is 20.2. The summed E-state index contributed by atoms with van der Waals surface area (Å²) in [5.74, 6) is -0.136. The van der Waals surface area contributed by atoms with Crippen molar-refractivity contribution in [2.75, 3.05) is 0 Å². The summed E-state index contributed by atoms with van der Waals surface area (Å²) < 4.78 is 0. The van der Waals surface area contributed by atoms with Gasteiger partial charge in [-0.2, -0.15) is 5.10 Å². The molecule has 158 valence electrons. The molecule has 2 aromatic heterocycles. The molecule has 5 rings (SSSR count). The average molecular weight is 441 g/mol. The Morgan fingerprint density at radius 3 is 2.78 bits per heavy atom. The topological polar surface area (TPSA) is 70.7 Å². The number of aromatic nitrogens is 3. The molecule has 2 heterocycles. The number of aromatic amines is 1. The highest BCUT2D eigenvalue weighted by molar-refractivity contribution is 6.31. The number of hydrogen-bond acceptors (Lipinski definition) is 3. The zero-order chi connectivity index (χ0) is 22.1. The van der Waals surface area contributed by atoms with Crippen LogP contribution in [0.4, 0.5) is 0 Å². The predicted molar refractivity (Wildman–Crippen MR) is 128 cm³/mol. The van der Waals surface area contributed by atoms with Crippen LogP contribution >= 0.6 is 11.6 Å². The molecule has 3 aromatic carbocycles. The molecule has 0 saturated heterocycles. The number of rotatable bonds is 5. The maximum atomic E-state index is 12.8. The smallest absolute Gasteiger partial charge is 0.251 e. The monoisotopic (exact) mass is 440 g/mol. The number of fused-ring (bicyclic) bond motifs is 2. The van der Waals surface area contributed by atoms with E-state index < -0.39 is 0 Å². The SMILES string of the molecule is Cc1ccc2cc(Cc3cccc(C(=O)NCc4n[nH]c5ccc(Cl)cc45)c3)ccc2n1. The van der Waals surface area contributed by atoms with Gasteiger partial charge in [0.05, 0.1) is 23.3 Å². The molecule has 0 radical (unpaired) electrons. The van der Waals surface area contributed by atoms with Crippen molar-refractivity contribution in [1.82, 2.24) is 20.5 Å². The van der Waals surface area contributed by atoms with Crippen molar-refractivity contribution in [3.05, 3.63) is 106 Å². The standard InChI is InChI=1S/C26H21ClN4O/c1-16-5-7-19-12-18(6-9-23(19)29-16)11-17-3-2-4-20(13-17)26(32)28-15-25-22-14-21(27)8-10-24(22)30-31-25/h2-10,12-14H,11,15H2,1H3,(H,28,32)(H,30,31). The van der Waals surface area contributed by atoms with E-state index in [1.54, 1.807) is 0 Å². The summed E-state index contributed by atoms with van der Waals surface area (Å²) in [6.45, 7) is 2.31. The number of carbonyl (C=O) groups excluding carboxylic acids is 1. The van der Waals surface area contributed by atoms with Crippen molar-refractivity contribution < 1.29 is 4.79 Å². The predicted octanol–water partition coefficient (Wildman–Crippen LogP) is 5.59. The molecular weight excluding hydrogens is 420 g/mol. The molecule has 0 aliphatic rings. The van der Waals surface area contributed by atoms with Gasteiger partial charge in [-0.15, -0.1) is 0 Å². The maximum absolute atomic E-state index is 12.8. The van der Waals surface area contributed by atoms with E-state index >= 15 is 0 Å². The van der Waals surface area contributed by atoms with Gasteiger partial charge in [-0.25, -0.2) is 0 Å². The maximum Gasteiger partial charge on any atom is 0.251 e. The Labute approximate surface area is 190 Å². The van der Waals surface area contributed by atoms with E-state index in [9.17, 15) is 4.79 Å². The normalized spacial score (nSPS) is 11.2. The van der Waals surface area contributed by atoms with Crippen LogP contribution in [0.15, 0.2) is 72.8 Å². The number of benzene rings is 3. The number of nitrogens with one attached hydrogen (secondary N) is 2. The molecule has 0 fully saturated rings. The lowest BCUT2D eigenvalue weighted by molar-refractivity contribution is 0.0950. The first-order valence-electron chi connectivity index (χ1n) is 10.4. The molecule has 0 aliphatic carbocycles. The first-order valence-corrected chi connectivity index (χ1v) is 10.8. The molecule has 32 heavy (non-hydrogen) atoms. The van der Waals surface area contributed by atoms with Crippen molar-refractivity contribution in [3.8, 4) is 0 Å². The third-order valence-electron chi connectivity index (χ3n) is 5.51. The van der Waals surface area contributed by atoms with Crippen molar-refractivity contribution in [3.63, 3.8) is 0 Å². The molecule has 1 amide bonds. The quantitative estimate of drug-likeness (QED) is 0.374. The molecule has 6 heteroatoms. The van der Waals surface area contributed by atoms with Gasteiger partial charge < -0.3 is 5.32 Å². The highest BCUT2D eigenvalue weighted by Crippen LogP contribution is 2.21. The van der Waals surface area contributed by atoms with Gasteiger partial charge in [0.15, 0.2) is 0 Å². The molecule has 5 nitrogen and oxygen atoms in total. The Kier molecular flexibility index (Phi) is 5.33. The Hall–Kier alpha value is -3.70. The van der Waals surface area contributed by atoms with Gasteiger partial charge in [-0.1, -0.05) is 35.9 Å². The van der Waals surface area contributed by atoms with Crippen LogP contribution in [0.5, 0.6) is 0 Å². The van der Waals surface area contributed by atoms with Crippen LogP contribution in [0.2, 0.25) is 5.02 Å². The van der Waals surface area contributed by atoms with E-state index in [2.05, 4.69) is 44.8 Å². The third kappa shape index (κ3) is 4.20. The minimum Gasteiger partial charge on any atom is -0.346 e. The van der Waals surface area contributed by atoms with Gasteiger partial charge in [-0.05, 0) is 73.0 Å². The first-order chi connectivity index (χ1) is 15.5. The van der Waals surface area contributed by atoms with Gasteiger partial charge in [0.25, 0.3) is 5.91 Å². The Balaban J connectivity index is 1.30. The number of hydrogen-bond donors (Lipinski definition) is 2. The summed E-state index contributed by atoms with van der Waals surface area (Å²) in [7, 11) is 0. The number of carbonyl (C=O) groups is 1. The number of halogens is 1. The van der Waals surface area contributed by atoms with Crippen molar-refractivity contribution in [1.29, 1.82) is 0 Å².